The second kappa shape index (κ2) is 11.1. The van der Waals surface area contributed by atoms with E-state index in [0.717, 1.165) is 24.3 Å². The highest BCUT2D eigenvalue weighted by Crippen LogP contribution is 2.48. The standard InChI is InChI=1S/C38H40N2O/c1-29-27-37(2,3)40(36(41)28-39-24-14-7-15-25-39)35-23-22-33(26-34(29)35)38(30-16-8-4-9-17-30,31-18-10-5-11-19-31)32-20-12-6-13-21-32/h4-6,8-13,16-23,26-27H,7,14-15,24-25,28H2,1-3H3. The van der Waals surface area contributed by atoms with Crippen LogP contribution in [0.1, 0.15) is 67.9 Å². The van der Waals surface area contributed by atoms with Crippen molar-refractivity contribution >= 4 is 17.2 Å². The van der Waals surface area contributed by atoms with Crippen molar-refractivity contribution in [2.45, 2.75) is 51.0 Å². The summed E-state index contributed by atoms with van der Waals surface area (Å²) in [6.07, 6.45) is 5.88. The molecule has 0 aliphatic carbocycles. The molecule has 3 heteroatoms. The largest absolute Gasteiger partial charge is 0.302 e. The van der Waals surface area contributed by atoms with Crippen LogP contribution in [0.3, 0.4) is 0 Å². The first-order valence-electron chi connectivity index (χ1n) is 15.0. The average Bonchev–Trinajstić information content (AvgIpc) is 2.99. The molecule has 1 fully saturated rings. The summed E-state index contributed by atoms with van der Waals surface area (Å²) in [6.45, 7) is 8.99. The van der Waals surface area contributed by atoms with Crippen LogP contribution in [-0.4, -0.2) is 36.0 Å². The Kier molecular flexibility index (Phi) is 7.40. The van der Waals surface area contributed by atoms with Gasteiger partial charge in [-0.1, -0.05) is 110 Å². The van der Waals surface area contributed by atoms with Gasteiger partial charge in [-0.3, -0.25) is 9.69 Å². The second-order valence-corrected chi connectivity index (χ2v) is 12.1. The highest BCUT2D eigenvalue weighted by molar-refractivity contribution is 6.01. The summed E-state index contributed by atoms with van der Waals surface area (Å²) >= 11 is 0. The lowest BCUT2D eigenvalue weighted by Gasteiger charge is -2.44. The van der Waals surface area contributed by atoms with E-state index in [0.29, 0.717) is 6.54 Å². The van der Waals surface area contributed by atoms with Gasteiger partial charge in [-0.25, -0.2) is 0 Å². The number of allylic oxidation sites excluding steroid dienone is 1. The van der Waals surface area contributed by atoms with Gasteiger partial charge in [0.25, 0.3) is 0 Å². The molecule has 0 N–H and O–H groups in total. The van der Waals surface area contributed by atoms with Gasteiger partial charge in [-0.05, 0) is 86.7 Å². The lowest BCUT2D eigenvalue weighted by molar-refractivity contribution is -0.120. The maximum atomic E-state index is 14.0. The van der Waals surface area contributed by atoms with Crippen molar-refractivity contribution < 1.29 is 4.79 Å². The molecule has 4 aromatic carbocycles. The number of anilines is 1. The summed E-state index contributed by atoms with van der Waals surface area (Å²) in [4.78, 5) is 18.3. The van der Waals surface area contributed by atoms with E-state index in [1.54, 1.807) is 0 Å². The Morgan fingerprint density at radius 2 is 1.22 bits per heavy atom. The Hall–Kier alpha value is -3.95. The third-order valence-electron chi connectivity index (χ3n) is 8.92. The number of rotatable bonds is 6. The van der Waals surface area contributed by atoms with Crippen LogP contribution in [0.25, 0.3) is 5.57 Å². The number of benzene rings is 4. The molecule has 208 valence electrons. The van der Waals surface area contributed by atoms with Crippen LogP contribution < -0.4 is 4.90 Å². The highest BCUT2D eigenvalue weighted by Gasteiger charge is 2.41. The Morgan fingerprint density at radius 1 is 0.707 bits per heavy atom. The summed E-state index contributed by atoms with van der Waals surface area (Å²) < 4.78 is 0. The molecule has 4 aromatic rings. The van der Waals surface area contributed by atoms with E-state index in [9.17, 15) is 4.79 Å². The fraction of sp³-hybridized carbons (Fsp3) is 0.289. The molecule has 0 atom stereocenters. The molecule has 2 aliphatic rings. The van der Waals surface area contributed by atoms with E-state index in [2.05, 4.69) is 141 Å². The first-order chi connectivity index (χ1) is 19.9. The van der Waals surface area contributed by atoms with Crippen LogP contribution in [0.2, 0.25) is 0 Å². The van der Waals surface area contributed by atoms with Gasteiger partial charge in [0.05, 0.1) is 23.2 Å². The molecule has 2 heterocycles. The minimum atomic E-state index is -0.519. The van der Waals surface area contributed by atoms with Crippen LogP contribution in [0.15, 0.2) is 115 Å². The van der Waals surface area contributed by atoms with E-state index < -0.39 is 11.0 Å². The van der Waals surface area contributed by atoms with E-state index in [-0.39, 0.29) is 5.91 Å². The fourth-order valence-electron chi connectivity index (χ4n) is 7.16. The van der Waals surface area contributed by atoms with Crippen molar-refractivity contribution in [1.29, 1.82) is 0 Å². The zero-order valence-corrected chi connectivity index (χ0v) is 24.5. The SMILES string of the molecule is CC1=CC(C)(C)N(C(=O)CN2CCCCC2)c2ccc(C(c3ccccc3)(c3ccccc3)c3ccccc3)cc21. The summed E-state index contributed by atoms with van der Waals surface area (Å²) in [5.74, 6) is 0.176. The first-order valence-corrected chi connectivity index (χ1v) is 15.0. The number of fused-ring (bicyclic) bond motifs is 1. The van der Waals surface area contributed by atoms with Gasteiger partial charge in [0.1, 0.15) is 0 Å². The van der Waals surface area contributed by atoms with Crippen molar-refractivity contribution in [1.82, 2.24) is 4.90 Å². The molecule has 1 amide bonds. The third kappa shape index (κ3) is 4.93. The van der Waals surface area contributed by atoms with Crippen LogP contribution in [-0.2, 0) is 10.2 Å². The summed E-state index contributed by atoms with van der Waals surface area (Å²) in [7, 11) is 0. The van der Waals surface area contributed by atoms with Crippen LogP contribution in [0.4, 0.5) is 5.69 Å². The molecule has 1 saturated heterocycles. The van der Waals surface area contributed by atoms with Crippen molar-refractivity contribution in [3.63, 3.8) is 0 Å². The van der Waals surface area contributed by atoms with Crippen molar-refractivity contribution in [2.24, 2.45) is 0 Å². The number of carbonyl (C=O) groups excluding carboxylic acids is 1. The number of amides is 1. The lowest BCUT2D eigenvalue weighted by Crippen LogP contribution is -2.52. The predicted molar refractivity (Wildman–Crippen MR) is 170 cm³/mol. The van der Waals surface area contributed by atoms with Crippen LogP contribution >= 0.6 is 0 Å². The summed E-state index contributed by atoms with van der Waals surface area (Å²) in [6, 6.07) is 39.2. The second-order valence-electron chi connectivity index (χ2n) is 12.1. The monoisotopic (exact) mass is 540 g/mol. The zero-order valence-electron chi connectivity index (χ0n) is 24.5. The molecular formula is C38H40N2O. The van der Waals surface area contributed by atoms with Gasteiger partial charge in [0.15, 0.2) is 0 Å². The average molecular weight is 541 g/mol. The quantitative estimate of drug-likeness (QED) is 0.231. The molecule has 0 unspecified atom stereocenters. The molecule has 0 aromatic heterocycles. The number of carbonyl (C=O) groups is 1. The molecule has 0 radical (unpaired) electrons. The lowest BCUT2D eigenvalue weighted by atomic mass is 9.64. The molecule has 2 aliphatic heterocycles. The van der Waals surface area contributed by atoms with Gasteiger partial charge in [-0.2, -0.15) is 0 Å². The van der Waals surface area contributed by atoms with Gasteiger partial charge in [0.2, 0.25) is 5.91 Å². The Morgan fingerprint density at radius 3 is 1.73 bits per heavy atom. The van der Waals surface area contributed by atoms with E-state index >= 15 is 0 Å². The fourth-order valence-corrected chi connectivity index (χ4v) is 7.16. The Bertz CT molecular complexity index is 1440. The number of hydrogen-bond donors (Lipinski definition) is 0. The maximum Gasteiger partial charge on any atom is 0.241 e. The molecule has 0 spiro atoms. The third-order valence-corrected chi connectivity index (χ3v) is 8.92. The van der Waals surface area contributed by atoms with E-state index in [1.807, 2.05) is 4.90 Å². The minimum absolute atomic E-state index is 0.176. The number of likely N-dealkylation sites (tertiary alicyclic amines) is 1. The van der Waals surface area contributed by atoms with Gasteiger partial charge in [0, 0.05) is 5.56 Å². The molecule has 3 nitrogen and oxygen atoms in total. The number of piperidine rings is 1. The number of hydrogen-bond acceptors (Lipinski definition) is 2. The van der Waals surface area contributed by atoms with Gasteiger partial charge < -0.3 is 4.90 Å². The molecule has 41 heavy (non-hydrogen) atoms. The van der Waals surface area contributed by atoms with E-state index in [1.165, 1.54) is 47.1 Å². The molecule has 0 bridgehead atoms. The topological polar surface area (TPSA) is 23.6 Å². The zero-order chi connectivity index (χ0) is 28.5. The first kappa shape index (κ1) is 27.2. The van der Waals surface area contributed by atoms with Gasteiger partial charge >= 0.3 is 0 Å². The smallest absolute Gasteiger partial charge is 0.241 e. The molecule has 6 rings (SSSR count). The summed E-state index contributed by atoms with van der Waals surface area (Å²) in [5.41, 5.74) is 7.25. The number of nitrogens with zero attached hydrogens (tertiary/aromatic N) is 2. The van der Waals surface area contributed by atoms with Crippen molar-refractivity contribution in [3.8, 4) is 0 Å². The van der Waals surface area contributed by atoms with E-state index in [4.69, 9.17) is 0 Å². The van der Waals surface area contributed by atoms with Crippen LogP contribution in [0.5, 0.6) is 0 Å². The van der Waals surface area contributed by atoms with Gasteiger partial charge in [-0.15, -0.1) is 0 Å². The van der Waals surface area contributed by atoms with Crippen molar-refractivity contribution in [2.75, 3.05) is 24.5 Å². The van der Waals surface area contributed by atoms with Crippen molar-refractivity contribution in [3.05, 3.63) is 143 Å². The molecular weight excluding hydrogens is 500 g/mol. The Labute approximate surface area is 245 Å². The van der Waals surface area contributed by atoms with Crippen LogP contribution in [0, 0.1) is 0 Å². The Balaban J connectivity index is 1.54. The molecule has 0 saturated carbocycles. The minimum Gasteiger partial charge on any atom is -0.302 e. The predicted octanol–water partition coefficient (Wildman–Crippen LogP) is 8.08. The normalized spacial score (nSPS) is 17.0. The summed E-state index contributed by atoms with van der Waals surface area (Å²) in [5, 5.41) is 0. The highest BCUT2D eigenvalue weighted by atomic mass is 16.2. The maximum absolute atomic E-state index is 14.0.